The predicted octanol–water partition coefficient (Wildman–Crippen LogP) is 3.51. The molecule has 2 fully saturated rings. The minimum atomic E-state index is -0.0637. The van der Waals surface area contributed by atoms with Crippen molar-refractivity contribution in [1.29, 1.82) is 0 Å². The molecule has 1 atom stereocenters. The summed E-state index contributed by atoms with van der Waals surface area (Å²) in [7, 11) is 0. The highest BCUT2D eigenvalue weighted by molar-refractivity contribution is 6.01. The first kappa shape index (κ1) is 11.6. The SMILES string of the molecule is O=C1CCCC(C(=O)c2ccccc2C2CC2)C1. The summed E-state index contributed by atoms with van der Waals surface area (Å²) in [6.45, 7) is 0. The van der Waals surface area contributed by atoms with Crippen LogP contribution in [0.25, 0.3) is 0 Å². The maximum atomic E-state index is 12.5. The molecule has 1 unspecified atom stereocenters. The lowest BCUT2D eigenvalue weighted by molar-refractivity contribution is -0.121. The van der Waals surface area contributed by atoms with Gasteiger partial charge >= 0.3 is 0 Å². The smallest absolute Gasteiger partial charge is 0.166 e. The Morgan fingerprint density at radius 2 is 1.89 bits per heavy atom. The van der Waals surface area contributed by atoms with Gasteiger partial charge in [-0.3, -0.25) is 9.59 Å². The normalized spacial score (nSPS) is 24.0. The first-order chi connectivity index (χ1) is 8.75. The zero-order valence-corrected chi connectivity index (χ0v) is 10.5. The van der Waals surface area contributed by atoms with Gasteiger partial charge in [0.2, 0.25) is 0 Å². The first-order valence-electron chi connectivity index (χ1n) is 6.90. The second-order valence-electron chi connectivity index (χ2n) is 5.56. The fourth-order valence-corrected chi connectivity index (χ4v) is 2.94. The number of carbonyl (C=O) groups is 2. The van der Waals surface area contributed by atoms with Crippen LogP contribution < -0.4 is 0 Å². The van der Waals surface area contributed by atoms with Gasteiger partial charge in [0.15, 0.2) is 5.78 Å². The van der Waals surface area contributed by atoms with Gasteiger partial charge in [-0.15, -0.1) is 0 Å². The van der Waals surface area contributed by atoms with E-state index in [9.17, 15) is 9.59 Å². The molecule has 0 aliphatic heterocycles. The van der Waals surface area contributed by atoms with Crippen LogP contribution in [0.5, 0.6) is 0 Å². The van der Waals surface area contributed by atoms with E-state index in [1.165, 1.54) is 18.4 Å². The average Bonchev–Trinajstić information content (AvgIpc) is 3.22. The molecule has 3 rings (SSSR count). The number of ketones is 2. The summed E-state index contributed by atoms with van der Waals surface area (Å²) in [5.41, 5.74) is 2.08. The van der Waals surface area contributed by atoms with Crippen molar-refractivity contribution in [2.45, 2.75) is 44.4 Å². The molecule has 18 heavy (non-hydrogen) atoms. The Hall–Kier alpha value is -1.44. The lowest BCUT2D eigenvalue weighted by Gasteiger charge is -2.20. The highest BCUT2D eigenvalue weighted by Gasteiger charge is 2.31. The van der Waals surface area contributed by atoms with E-state index in [0.29, 0.717) is 18.8 Å². The summed E-state index contributed by atoms with van der Waals surface area (Å²) in [5.74, 6) is 0.977. The predicted molar refractivity (Wildman–Crippen MR) is 69.7 cm³/mol. The second-order valence-corrected chi connectivity index (χ2v) is 5.56. The van der Waals surface area contributed by atoms with E-state index < -0.39 is 0 Å². The molecule has 1 aromatic rings. The van der Waals surface area contributed by atoms with Crippen LogP contribution in [-0.4, -0.2) is 11.6 Å². The fourth-order valence-electron chi connectivity index (χ4n) is 2.94. The molecule has 0 spiro atoms. The van der Waals surface area contributed by atoms with Crippen LogP contribution in [0.4, 0.5) is 0 Å². The second kappa shape index (κ2) is 4.68. The molecule has 1 aromatic carbocycles. The van der Waals surface area contributed by atoms with Gasteiger partial charge in [0.1, 0.15) is 5.78 Å². The van der Waals surface area contributed by atoms with Gasteiger partial charge in [0, 0.05) is 24.3 Å². The molecular weight excluding hydrogens is 224 g/mol. The van der Waals surface area contributed by atoms with Gasteiger partial charge < -0.3 is 0 Å². The van der Waals surface area contributed by atoms with Gasteiger partial charge in [-0.05, 0) is 37.2 Å². The summed E-state index contributed by atoms with van der Waals surface area (Å²) in [4.78, 5) is 24.0. The van der Waals surface area contributed by atoms with Crippen molar-refractivity contribution in [1.82, 2.24) is 0 Å². The maximum Gasteiger partial charge on any atom is 0.166 e. The van der Waals surface area contributed by atoms with Crippen LogP contribution in [0.1, 0.15) is 60.4 Å². The Morgan fingerprint density at radius 1 is 1.11 bits per heavy atom. The van der Waals surface area contributed by atoms with Crippen molar-refractivity contribution in [3.05, 3.63) is 35.4 Å². The van der Waals surface area contributed by atoms with Crippen LogP contribution >= 0.6 is 0 Å². The van der Waals surface area contributed by atoms with E-state index in [-0.39, 0.29) is 17.5 Å². The molecule has 0 saturated heterocycles. The highest BCUT2D eigenvalue weighted by atomic mass is 16.1. The minimum Gasteiger partial charge on any atom is -0.300 e. The summed E-state index contributed by atoms with van der Waals surface area (Å²) in [6.07, 6.45) is 5.28. The third-order valence-electron chi connectivity index (χ3n) is 4.10. The van der Waals surface area contributed by atoms with Gasteiger partial charge in [-0.2, -0.15) is 0 Å². The number of hydrogen-bond acceptors (Lipinski definition) is 2. The van der Waals surface area contributed by atoms with Gasteiger partial charge in [-0.1, -0.05) is 24.3 Å². The Labute approximate surface area is 107 Å². The number of carbonyl (C=O) groups excluding carboxylic acids is 2. The fraction of sp³-hybridized carbons (Fsp3) is 0.500. The number of benzene rings is 1. The largest absolute Gasteiger partial charge is 0.300 e. The molecule has 2 aliphatic carbocycles. The maximum absolute atomic E-state index is 12.5. The van der Waals surface area contributed by atoms with Crippen LogP contribution in [0.3, 0.4) is 0 Å². The molecule has 2 aliphatic rings. The summed E-state index contributed by atoms with van der Waals surface area (Å²) >= 11 is 0. The van der Waals surface area contributed by atoms with Crippen molar-refractivity contribution in [2.24, 2.45) is 5.92 Å². The molecular formula is C16H18O2. The number of Topliss-reactive ketones (excluding diaryl/α,β-unsaturated/α-hetero) is 2. The molecule has 2 saturated carbocycles. The monoisotopic (exact) mass is 242 g/mol. The topological polar surface area (TPSA) is 34.1 Å². The average molecular weight is 242 g/mol. The van der Waals surface area contributed by atoms with Crippen LogP contribution in [0.2, 0.25) is 0 Å². The molecule has 0 N–H and O–H groups in total. The van der Waals surface area contributed by atoms with Crippen molar-refractivity contribution in [3.63, 3.8) is 0 Å². The van der Waals surface area contributed by atoms with E-state index in [1.807, 2.05) is 18.2 Å². The zero-order chi connectivity index (χ0) is 12.5. The Morgan fingerprint density at radius 3 is 2.61 bits per heavy atom. The standard InChI is InChI=1S/C16H18O2/c17-13-5-3-4-12(10-13)16(18)15-7-2-1-6-14(15)11-8-9-11/h1-2,6-7,11-12H,3-5,8-10H2. The molecule has 0 bridgehead atoms. The van der Waals surface area contributed by atoms with E-state index >= 15 is 0 Å². The van der Waals surface area contributed by atoms with Crippen LogP contribution in [0.15, 0.2) is 24.3 Å². The van der Waals surface area contributed by atoms with E-state index in [4.69, 9.17) is 0 Å². The highest BCUT2D eigenvalue weighted by Crippen LogP contribution is 2.42. The first-order valence-corrected chi connectivity index (χ1v) is 6.90. The number of hydrogen-bond donors (Lipinski definition) is 0. The van der Waals surface area contributed by atoms with Crippen molar-refractivity contribution in [2.75, 3.05) is 0 Å². The summed E-state index contributed by atoms with van der Waals surface area (Å²) in [5, 5.41) is 0. The van der Waals surface area contributed by atoms with Crippen LogP contribution in [-0.2, 0) is 4.79 Å². The zero-order valence-electron chi connectivity index (χ0n) is 10.5. The Bertz CT molecular complexity index is 486. The molecule has 0 aromatic heterocycles. The van der Waals surface area contributed by atoms with Gasteiger partial charge in [0.05, 0.1) is 0 Å². The van der Waals surface area contributed by atoms with Crippen molar-refractivity contribution < 1.29 is 9.59 Å². The van der Waals surface area contributed by atoms with Crippen LogP contribution in [0, 0.1) is 5.92 Å². The molecule has 2 nitrogen and oxygen atoms in total. The number of rotatable bonds is 3. The quantitative estimate of drug-likeness (QED) is 0.760. The van der Waals surface area contributed by atoms with Crippen molar-refractivity contribution in [3.8, 4) is 0 Å². The molecule has 2 heteroatoms. The Balaban J connectivity index is 1.85. The lowest BCUT2D eigenvalue weighted by atomic mass is 9.82. The van der Waals surface area contributed by atoms with Gasteiger partial charge in [0.25, 0.3) is 0 Å². The summed E-state index contributed by atoms with van der Waals surface area (Å²) < 4.78 is 0. The third-order valence-corrected chi connectivity index (χ3v) is 4.10. The molecule has 0 amide bonds. The van der Waals surface area contributed by atoms with Gasteiger partial charge in [-0.25, -0.2) is 0 Å². The van der Waals surface area contributed by atoms with E-state index in [1.54, 1.807) is 0 Å². The molecule has 94 valence electrons. The lowest BCUT2D eigenvalue weighted by Crippen LogP contribution is -2.23. The van der Waals surface area contributed by atoms with E-state index in [0.717, 1.165) is 18.4 Å². The molecule has 0 radical (unpaired) electrons. The summed E-state index contributed by atoms with van der Waals surface area (Å²) in [6, 6.07) is 7.96. The van der Waals surface area contributed by atoms with Crippen molar-refractivity contribution >= 4 is 11.6 Å². The molecule has 0 heterocycles. The third kappa shape index (κ3) is 2.24. The van der Waals surface area contributed by atoms with E-state index in [2.05, 4.69) is 6.07 Å². The minimum absolute atomic E-state index is 0.0637. The Kier molecular flexibility index (Phi) is 3.02.